The summed E-state index contributed by atoms with van der Waals surface area (Å²) in [5.41, 5.74) is 0.887. The summed E-state index contributed by atoms with van der Waals surface area (Å²) in [6.07, 6.45) is 2.01. The number of piperidine rings is 1. The predicted octanol–water partition coefficient (Wildman–Crippen LogP) is 3.03. The van der Waals surface area contributed by atoms with Crippen LogP contribution in [0.15, 0.2) is 18.2 Å². The van der Waals surface area contributed by atoms with Crippen molar-refractivity contribution in [3.8, 4) is 0 Å². The van der Waals surface area contributed by atoms with E-state index in [4.69, 9.17) is 23.2 Å². The van der Waals surface area contributed by atoms with Gasteiger partial charge in [0.15, 0.2) is 0 Å². The van der Waals surface area contributed by atoms with Gasteiger partial charge in [-0.05, 0) is 37.1 Å². The number of carbonyl (C=O) groups excluding carboxylic acids is 1. The Balaban J connectivity index is 0.00000180. The lowest BCUT2D eigenvalue weighted by molar-refractivity contribution is -0.125. The Morgan fingerprint density at radius 3 is 2.84 bits per heavy atom. The van der Waals surface area contributed by atoms with Crippen molar-refractivity contribution in [2.45, 2.75) is 19.4 Å². The summed E-state index contributed by atoms with van der Waals surface area (Å²) in [5, 5.41) is 7.34. The summed E-state index contributed by atoms with van der Waals surface area (Å²) in [7, 11) is 0. The van der Waals surface area contributed by atoms with Crippen LogP contribution < -0.4 is 10.6 Å². The molecule has 0 aliphatic carbocycles. The summed E-state index contributed by atoms with van der Waals surface area (Å²) in [6, 6.07) is 5.30. The summed E-state index contributed by atoms with van der Waals surface area (Å²) < 4.78 is 0. The van der Waals surface area contributed by atoms with Crippen molar-refractivity contribution in [3.05, 3.63) is 33.8 Å². The second-order valence-corrected chi connectivity index (χ2v) is 5.34. The number of amides is 1. The van der Waals surface area contributed by atoms with Gasteiger partial charge in [-0.25, -0.2) is 0 Å². The summed E-state index contributed by atoms with van der Waals surface area (Å²) in [5.74, 6) is 0.165. The van der Waals surface area contributed by atoms with Gasteiger partial charge in [0.25, 0.3) is 0 Å². The molecule has 1 aliphatic rings. The average Bonchev–Trinajstić information content (AvgIpc) is 2.38. The Morgan fingerprint density at radius 1 is 1.42 bits per heavy atom. The number of carbonyl (C=O) groups is 1. The lowest BCUT2D eigenvalue weighted by Crippen LogP contribution is -2.40. The third kappa shape index (κ3) is 4.84. The van der Waals surface area contributed by atoms with Gasteiger partial charge in [-0.2, -0.15) is 0 Å². The molecule has 0 aromatic heterocycles. The molecule has 2 N–H and O–H groups in total. The van der Waals surface area contributed by atoms with Gasteiger partial charge in [-0.3, -0.25) is 4.79 Å². The molecule has 0 bridgehead atoms. The molecule has 1 aromatic carbocycles. The van der Waals surface area contributed by atoms with E-state index in [9.17, 15) is 4.79 Å². The van der Waals surface area contributed by atoms with Gasteiger partial charge in [0.05, 0.1) is 5.92 Å². The molecule has 1 atom stereocenters. The standard InChI is InChI=1S/C13H16Cl2N2O.ClH/c14-11-4-3-9(12(15)6-11)8-17-13(18)10-2-1-5-16-7-10;/h3-4,6,10,16H,1-2,5,7-8H2,(H,17,18);1H. The van der Waals surface area contributed by atoms with Crippen LogP contribution in [0.3, 0.4) is 0 Å². The Hall–Kier alpha value is -0.480. The van der Waals surface area contributed by atoms with Crippen molar-refractivity contribution >= 4 is 41.5 Å². The SMILES string of the molecule is Cl.O=C(NCc1ccc(Cl)cc1Cl)C1CCCNC1. The number of halogens is 3. The van der Waals surface area contributed by atoms with Crippen LogP contribution in [0.1, 0.15) is 18.4 Å². The van der Waals surface area contributed by atoms with E-state index in [2.05, 4.69) is 10.6 Å². The van der Waals surface area contributed by atoms with Gasteiger partial charge in [-0.1, -0.05) is 29.3 Å². The van der Waals surface area contributed by atoms with Crippen molar-refractivity contribution in [2.75, 3.05) is 13.1 Å². The Morgan fingerprint density at radius 2 is 2.21 bits per heavy atom. The molecule has 106 valence electrons. The molecule has 1 fully saturated rings. The molecular weight excluding hydrogens is 307 g/mol. The van der Waals surface area contributed by atoms with Gasteiger partial charge in [0, 0.05) is 23.1 Å². The fourth-order valence-corrected chi connectivity index (χ4v) is 2.54. The van der Waals surface area contributed by atoms with E-state index in [1.807, 2.05) is 6.07 Å². The van der Waals surface area contributed by atoms with E-state index < -0.39 is 0 Å². The molecule has 1 amide bonds. The monoisotopic (exact) mass is 322 g/mol. The first-order valence-electron chi connectivity index (χ1n) is 6.09. The second kappa shape index (κ2) is 7.95. The molecule has 1 saturated heterocycles. The van der Waals surface area contributed by atoms with Gasteiger partial charge >= 0.3 is 0 Å². The van der Waals surface area contributed by atoms with E-state index in [0.717, 1.165) is 31.5 Å². The molecule has 1 aliphatic heterocycles. The molecule has 1 aromatic rings. The third-order valence-corrected chi connectivity index (χ3v) is 3.72. The zero-order chi connectivity index (χ0) is 13.0. The fraction of sp³-hybridized carbons (Fsp3) is 0.462. The Labute approximate surface area is 129 Å². The van der Waals surface area contributed by atoms with Crippen LogP contribution in [0.2, 0.25) is 10.0 Å². The maximum atomic E-state index is 11.9. The minimum Gasteiger partial charge on any atom is -0.352 e. The quantitative estimate of drug-likeness (QED) is 0.898. The molecule has 0 saturated carbocycles. The first-order valence-corrected chi connectivity index (χ1v) is 6.85. The van der Waals surface area contributed by atoms with Gasteiger partial charge in [-0.15, -0.1) is 12.4 Å². The number of hydrogen-bond donors (Lipinski definition) is 2. The van der Waals surface area contributed by atoms with Crippen LogP contribution >= 0.6 is 35.6 Å². The molecule has 1 heterocycles. The topological polar surface area (TPSA) is 41.1 Å². The van der Waals surface area contributed by atoms with Crippen LogP contribution in [-0.2, 0) is 11.3 Å². The summed E-state index contributed by atoms with van der Waals surface area (Å²) in [4.78, 5) is 11.9. The Bertz CT molecular complexity index is 434. The molecule has 19 heavy (non-hydrogen) atoms. The zero-order valence-corrected chi connectivity index (χ0v) is 12.7. The highest BCUT2D eigenvalue weighted by atomic mass is 35.5. The molecule has 3 nitrogen and oxygen atoms in total. The van der Waals surface area contributed by atoms with Crippen LogP contribution in [0.25, 0.3) is 0 Å². The van der Waals surface area contributed by atoms with Crippen LogP contribution in [-0.4, -0.2) is 19.0 Å². The highest BCUT2D eigenvalue weighted by molar-refractivity contribution is 6.35. The number of hydrogen-bond acceptors (Lipinski definition) is 2. The van der Waals surface area contributed by atoms with E-state index in [-0.39, 0.29) is 24.2 Å². The molecule has 0 radical (unpaired) electrons. The lowest BCUT2D eigenvalue weighted by atomic mass is 9.99. The lowest BCUT2D eigenvalue weighted by Gasteiger charge is -2.22. The summed E-state index contributed by atoms with van der Waals surface area (Å²) >= 11 is 11.9. The first kappa shape index (κ1) is 16.6. The third-order valence-electron chi connectivity index (χ3n) is 3.14. The van der Waals surface area contributed by atoms with E-state index in [0.29, 0.717) is 16.6 Å². The zero-order valence-electron chi connectivity index (χ0n) is 10.4. The van der Waals surface area contributed by atoms with Crippen molar-refractivity contribution in [1.29, 1.82) is 0 Å². The fourth-order valence-electron chi connectivity index (χ4n) is 2.07. The number of nitrogens with one attached hydrogen (secondary N) is 2. The number of benzene rings is 1. The largest absolute Gasteiger partial charge is 0.352 e. The Kier molecular flexibility index (Phi) is 6.94. The van der Waals surface area contributed by atoms with Gasteiger partial charge in [0.2, 0.25) is 5.91 Å². The molecular formula is C13H17Cl3N2O. The van der Waals surface area contributed by atoms with Crippen LogP contribution in [0.4, 0.5) is 0 Å². The van der Waals surface area contributed by atoms with E-state index >= 15 is 0 Å². The normalized spacial score (nSPS) is 18.5. The molecule has 2 rings (SSSR count). The maximum Gasteiger partial charge on any atom is 0.224 e. The van der Waals surface area contributed by atoms with Crippen molar-refractivity contribution < 1.29 is 4.79 Å². The van der Waals surface area contributed by atoms with Crippen molar-refractivity contribution in [2.24, 2.45) is 5.92 Å². The average molecular weight is 324 g/mol. The van der Waals surface area contributed by atoms with Crippen molar-refractivity contribution in [1.82, 2.24) is 10.6 Å². The first-order chi connectivity index (χ1) is 8.66. The molecule has 1 unspecified atom stereocenters. The van der Waals surface area contributed by atoms with Crippen LogP contribution in [0, 0.1) is 5.92 Å². The number of rotatable bonds is 3. The maximum absolute atomic E-state index is 11.9. The minimum atomic E-state index is 0. The second-order valence-electron chi connectivity index (χ2n) is 4.50. The highest BCUT2D eigenvalue weighted by Crippen LogP contribution is 2.21. The smallest absolute Gasteiger partial charge is 0.224 e. The van der Waals surface area contributed by atoms with Gasteiger partial charge < -0.3 is 10.6 Å². The van der Waals surface area contributed by atoms with Gasteiger partial charge in [0.1, 0.15) is 0 Å². The van der Waals surface area contributed by atoms with Crippen LogP contribution in [0.5, 0.6) is 0 Å². The van der Waals surface area contributed by atoms with Crippen molar-refractivity contribution in [3.63, 3.8) is 0 Å². The summed E-state index contributed by atoms with van der Waals surface area (Å²) in [6.45, 7) is 2.22. The predicted molar refractivity (Wildman–Crippen MR) is 81.2 cm³/mol. The minimum absolute atomic E-state index is 0. The van der Waals surface area contributed by atoms with E-state index in [1.54, 1.807) is 12.1 Å². The highest BCUT2D eigenvalue weighted by Gasteiger charge is 2.20. The molecule has 6 heteroatoms. The molecule has 0 spiro atoms. The van der Waals surface area contributed by atoms with E-state index in [1.165, 1.54) is 0 Å².